The molecule has 2 aliphatic carbocycles. The third kappa shape index (κ3) is 3.77. The van der Waals surface area contributed by atoms with Crippen LogP contribution in [0.15, 0.2) is 42.5 Å². The lowest BCUT2D eigenvalue weighted by Gasteiger charge is -2.17. The maximum Gasteiger partial charge on any atom is 0.319 e. The Morgan fingerprint density at radius 1 is 1.00 bits per heavy atom. The van der Waals surface area contributed by atoms with Gasteiger partial charge in [-0.3, -0.25) is 4.79 Å². The van der Waals surface area contributed by atoms with Crippen molar-refractivity contribution in [2.24, 2.45) is 5.92 Å². The molecule has 0 spiro atoms. The van der Waals surface area contributed by atoms with Crippen LogP contribution in [0, 0.1) is 5.92 Å². The first-order chi connectivity index (χ1) is 14.6. The highest BCUT2D eigenvalue weighted by molar-refractivity contribution is 6.12. The SMILES string of the molecule is CC1CCc2[nH]c3c(C(=O)Nc4cccc(NC(=O)NC5CC5)c4)cccc3c2C1. The minimum Gasteiger partial charge on any atom is -0.358 e. The van der Waals surface area contributed by atoms with Crippen LogP contribution < -0.4 is 16.0 Å². The molecule has 5 rings (SSSR count). The van der Waals surface area contributed by atoms with E-state index in [0.717, 1.165) is 36.6 Å². The van der Waals surface area contributed by atoms with E-state index in [4.69, 9.17) is 0 Å². The quantitative estimate of drug-likeness (QED) is 0.504. The number of para-hydroxylation sites is 1. The first kappa shape index (κ1) is 18.7. The molecule has 0 aliphatic heterocycles. The molecule has 1 heterocycles. The summed E-state index contributed by atoms with van der Waals surface area (Å²) in [7, 11) is 0. The Bertz CT molecular complexity index is 1130. The van der Waals surface area contributed by atoms with Gasteiger partial charge in [-0.15, -0.1) is 0 Å². The molecule has 154 valence electrons. The normalized spacial score (nSPS) is 18.0. The molecule has 1 unspecified atom stereocenters. The molecular formula is C24H26N4O2. The molecule has 2 aromatic carbocycles. The number of carbonyl (C=O) groups excluding carboxylic acids is 2. The van der Waals surface area contributed by atoms with E-state index >= 15 is 0 Å². The molecule has 0 radical (unpaired) electrons. The smallest absolute Gasteiger partial charge is 0.319 e. The topological polar surface area (TPSA) is 86.0 Å². The van der Waals surface area contributed by atoms with Crippen molar-refractivity contribution < 1.29 is 9.59 Å². The number of hydrogen-bond donors (Lipinski definition) is 4. The van der Waals surface area contributed by atoms with Crippen molar-refractivity contribution in [2.45, 2.75) is 45.1 Å². The highest BCUT2D eigenvalue weighted by Crippen LogP contribution is 2.33. The molecule has 2 aliphatic rings. The van der Waals surface area contributed by atoms with E-state index < -0.39 is 0 Å². The minimum atomic E-state index is -0.211. The minimum absolute atomic E-state index is 0.160. The number of aromatic nitrogens is 1. The molecule has 6 nitrogen and oxygen atoms in total. The van der Waals surface area contributed by atoms with Gasteiger partial charge < -0.3 is 20.9 Å². The summed E-state index contributed by atoms with van der Waals surface area (Å²) in [4.78, 5) is 28.5. The summed E-state index contributed by atoms with van der Waals surface area (Å²) < 4.78 is 0. The average Bonchev–Trinajstić information content (AvgIpc) is 3.45. The predicted molar refractivity (Wildman–Crippen MR) is 119 cm³/mol. The number of fused-ring (bicyclic) bond motifs is 3. The van der Waals surface area contributed by atoms with Crippen LogP contribution in [0.2, 0.25) is 0 Å². The van der Waals surface area contributed by atoms with Crippen molar-refractivity contribution in [3.05, 3.63) is 59.3 Å². The van der Waals surface area contributed by atoms with Gasteiger partial charge in [0.2, 0.25) is 0 Å². The number of urea groups is 1. The highest BCUT2D eigenvalue weighted by Gasteiger charge is 2.24. The van der Waals surface area contributed by atoms with Crippen LogP contribution in [0.1, 0.15) is 47.8 Å². The Morgan fingerprint density at radius 2 is 1.77 bits per heavy atom. The molecule has 0 saturated heterocycles. The lowest BCUT2D eigenvalue weighted by molar-refractivity contribution is 0.102. The second-order valence-corrected chi connectivity index (χ2v) is 8.57. The Kier molecular flexibility index (Phi) is 4.69. The molecule has 3 aromatic rings. The monoisotopic (exact) mass is 402 g/mol. The number of aryl methyl sites for hydroxylation is 1. The lowest BCUT2D eigenvalue weighted by Crippen LogP contribution is -2.30. The van der Waals surface area contributed by atoms with Gasteiger partial charge in [-0.2, -0.15) is 0 Å². The molecule has 0 bridgehead atoms. The highest BCUT2D eigenvalue weighted by atomic mass is 16.2. The van der Waals surface area contributed by atoms with Crippen LogP contribution in [-0.4, -0.2) is 23.0 Å². The predicted octanol–water partition coefficient (Wildman–Crippen LogP) is 4.83. The van der Waals surface area contributed by atoms with Crippen molar-refractivity contribution in [1.82, 2.24) is 10.3 Å². The molecule has 30 heavy (non-hydrogen) atoms. The number of amides is 3. The van der Waals surface area contributed by atoms with Crippen molar-refractivity contribution >= 4 is 34.2 Å². The van der Waals surface area contributed by atoms with E-state index in [2.05, 4.69) is 33.9 Å². The maximum absolute atomic E-state index is 13.1. The summed E-state index contributed by atoms with van der Waals surface area (Å²) in [6, 6.07) is 13.2. The van der Waals surface area contributed by atoms with Crippen LogP contribution in [0.5, 0.6) is 0 Å². The molecule has 1 atom stereocenters. The molecule has 4 N–H and O–H groups in total. The summed E-state index contributed by atoms with van der Waals surface area (Å²) in [6.07, 6.45) is 5.33. The lowest BCUT2D eigenvalue weighted by atomic mass is 9.87. The van der Waals surface area contributed by atoms with Gasteiger partial charge in [0.15, 0.2) is 0 Å². The van der Waals surface area contributed by atoms with Crippen molar-refractivity contribution in [2.75, 3.05) is 10.6 Å². The number of rotatable bonds is 4. The Morgan fingerprint density at radius 3 is 2.57 bits per heavy atom. The maximum atomic E-state index is 13.1. The molecule has 6 heteroatoms. The number of aromatic amines is 1. The molecule has 3 amide bonds. The fourth-order valence-electron chi connectivity index (χ4n) is 4.26. The van der Waals surface area contributed by atoms with Crippen molar-refractivity contribution in [3.8, 4) is 0 Å². The summed E-state index contributed by atoms with van der Waals surface area (Å²) in [5.41, 5.74) is 5.45. The summed E-state index contributed by atoms with van der Waals surface area (Å²) in [6.45, 7) is 2.28. The van der Waals surface area contributed by atoms with Crippen LogP contribution in [0.3, 0.4) is 0 Å². The fourth-order valence-corrected chi connectivity index (χ4v) is 4.26. The zero-order valence-corrected chi connectivity index (χ0v) is 17.0. The largest absolute Gasteiger partial charge is 0.358 e. The molecule has 1 aromatic heterocycles. The van der Waals surface area contributed by atoms with Crippen LogP contribution in [-0.2, 0) is 12.8 Å². The Hall–Kier alpha value is -3.28. The third-order valence-electron chi connectivity index (χ3n) is 6.00. The van der Waals surface area contributed by atoms with E-state index in [1.807, 2.05) is 30.3 Å². The van der Waals surface area contributed by atoms with Crippen molar-refractivity contribution in [3.63, 3.8) is 0 Å². The van der Waals surface area contributed by atoms with Gasteiger partial charge in [-0.1, -0.05) is 25.1 Å². The average molecular weight is 402 g/mol. The van der Waals surface area contributed by atoms with Crippen molar-refractivity contribution in [1.29, 1.82) is 0 Å². The van der Waals surface area contributed by atoms with E-state index in [-0.39, 0.29) is 11.9 Å². The number of benzene rings is 2. The third-order valence-corrected chi connectivity index (χ3v) is 6.00. The number of hydrogen-bond acceptors (Lipinski definition) is 2. The first-order valence-corrected chi connectivity index (χ1v) is 10.7. The second-order valence-electron chi connectivity index (χ2n) is 8.57. The standard InChI is InChI=1S/C24H26N4O2/c1-14-8-11-21-20(12-14)18-6-3-7-19(22(18)28-21)23(29)25-16-4-2-5-17(13-16)27-24(30)26-15-9-10-15/h2-7,13-15,28H,8-12H2,1H3,(H,25,29)(H2,26,27,30). The summed E-state index contributed by atoms with van der Waals surface area (Å²) in [5.74, 6) is 0.508. The van der Waals surface area contributed by atoms with Gasteiger partial charge >= 0.3 is 6.03 Å². The Balaban J connectivity index is 1.36. The second kappa shape index (κ2) is 7.52. The van der Waals surface area contributed by atoms with E-state index in [1.54, 1.807) is 6.07 Å². The van der Waals surface area contributed by atoms with E-state index in [1.165, 1.54) is 17.7 Å². The van der Waals surface area contributed by atoms with Gasteiger partial charge in [0.25, 0.3) is 5.91 Å². The molecule has 1 saturated carbocycles. The zero-order chi connectivity index (χ0) is 20.7. The van der Waals surface area contributed by atoms with E-state index in [0.29, 0.717) is 28.9 Å². The summed E-state index contributed by atoms with van der Waals surface area (Å²) >= 11 is 0. The van der Waals surface area contributed by atoms with Crippen LogP contribution in [0.25, 0.3) is 10.9 Å². The molecule has 1 fully saturated rings. The number of H-pyrrole nitrogens is 1. The van der Waals surface area contributed by atoms with Gasteiger partial charge in [0.1, 0.15) is 0 Å². The van der Waals surface area contributed by atoms with Gasteiger partial charge in [0, 0.05) is 28.5 Å². The number of carbonyl (C=O) groups is 2. The first-order valence-electron chi connectivity index (χ1n) is 10.7. The zero-order valence-electron chi connectivity index (χ0n) is 17.0. The van der Waals surface area contributed by atoms with Gasteiger partial charge in [-0.05, 0) is 67.9 Å². The number of nitrogens with one attached hydrogen (secondary N) is 4. The van der Waals surface area contributed by atoms with Crippen LogP contribution in [0.4, 0.5) is 16.2 Å². The fraction of sp³-hybridized carbons (Fsp3) is 0.333. The summed E-state index contributed by atoms with van der Waals surface area (Å²) in [5, 5.41) is 9.84. The Labute approximate surface area is 175 Å². The van der Waals surface area contributed by atoms with Crippen LogP contribution >= 0.6 is 0 Å². The van der Waals surface area contributed by atoms with Gasteiger partial charge in [0.05, 0.1) is 11.1 Å². The van der Waals surface area contributed by atoms with E-state index in [9.17, 15) is 9.59 Å². The number of anilines is 2. The van der Waals surface area contributed by atoms with Gasteiger partial charge in [-0.25, -0.2) is 4.79 Å². The molecular weight excluding hydrogens is 376 g/mol.